The van der Waals surface area contributed by atoms with Crippen LogP contribution in [0.3, 0.4) is 0 Å². The summed E-state index contributed by atoms with van der Waals surface area (Å²) in [5.74, 6) is -0.158. The molecule has 0 spiro atoms. The Kier molecular flexibility index (Phi) is 5.65. The third-order valence-corrected chi connectivity index (χ3v) is 6.54. The first kappa shape index (κ1) is 22.5. The highest BCUT2D eigenvalue weighted by Gasteiger charge is 2.28. The van der Waals surface area contributed by atoms with Gasteiger partial charge in [0.15, 0.2) is 0 Å². The minimum absolute atomic E-state index is 0.0451. The summed E-state index contributed by atoms with van der Waals surface area (Å²) < 4.78 is 18.1. The second-order valence-corrected chi connectivity index (χ2v) is 8.74. The lowest BCUT2D eigenvalue weighted by molar-refractivity contribution is 0.0785. The van der Waals surface area contributed by atoms with Crippen LogP contribution >= 0.6 is 0 Å². The van der Waals surface area contributed by atoms with E-state index in [1.807, 2.05) is 49.1 Å². The summed E-state index contributed by atoms with van der Waals surface area (Å²) in [5, 5.41) is 14.6. The lowest BCUT2D eigenvalue weighted by Crippen LogP contribution is -2.29. The van der Waals surface area contributed by atoms with Gasteiger partial charge in [0, 0.05) is 67.8 Å². The fourth-order valence-electron chi connectivity index (χ4n) is 4.56. The predicted molar refractivity (Wildman–Crippen MR) is 131 cm³/mol. The summed E-state index contributed by atoms with van der Waals surface area (Å²) in [6, 6.07) is 12.0. The van der Waals surface area contributed by atoms with Crippen LogP contribution in [0, 0.1) is 30.0 Å². The Bertz CT molecular complexity index is 1520. The number of rotatable bonds is 4. The van der Waals surface area contributed by atoms with Crippen molar-refractivity contribution in [3.8, 4) is 23.1 Å². The monoisotopic (exact) mass is 469 g/mol. The highest BCUT2D eigenvalue weighted by Crippen LogP contribution is 2.28. The second-order valence-electron chi connectivity index (χ2n) is 8.74. The Morgan fingerprint density at radius 3 is 2.86 bits per heavy atom. The van der Waals surface area contributed by atoms with Gasteiger partial charge in [-0.05, 0) is 49.7 Å². The van der Waals surface area contributed by atoms with Crippen molar-refractivity contribution in [2.45, 2.75) is 13.3 Å². The fourth-order valence-corrected chi connectivity index (χ4v) is 4.56. The van der Waals surface area contributed by atoms with Crippen LogP contribution in [0.4, 0.5) is 4.39 Å². The number of halogens is 1. The number of likely N-dealkylation sites (tertiary alicyclic amines) is 1. The van der Waals surface area contributed by atoms with Gasteiger partial charge in [-0.15, -0.1) is 0 Å². The molecule has 1 saturated heterocycles. The normalized spacial score (nSPS) is 15.9. The topological polar surface area (TPSA) is 92.1 Å². The molecule has 0 unspecified atom stereocenters. The van der Waals surface area contributed by atoms with E-state index < -0.39 is 5.82 Å². The Morgan fingerprint density at radius 2 is 2.11 bits per heavy atom. The number of carbonyl (C=O) groups is 1. The van der Waals surface area contributed by atoms with Crippen LogP contribution in [0.5, 0.6) is 0 Å². The number of nitriles is 1. The van der Waals surface area contributed by atoms with Gasteiger partial charge in [0.05, 0.1) is 11.1 Å². The number of carbonyl (C=O) groups excluding carboxylic acids is 1. The van der Waals surface area contributed by atoms with Crippen LogP contribution < -0.4 is 0 Å². The smallest absolute Gasteiger partial charge is 0.274 e. The molecule has 0 radical (unpaired) electrons. The van der Waals surface area contributed by atoms with Crippen molar-refractivity contribution in [3.05, 3.63) is 65.4 Å². The van der Waals surface area contributed by atoms with Gasteiger partial charge in [-0.2, -0.15) is 10.4 Å². The molecule has 4 aromatic rings. The van der Waals surface area contributed by atoms with Crippen LogP contribution in [0.25, 0.3) is 28.0 Å². The molecule has 3 heterocycles. The van der Waals surface area contributed by atoms with Gasteiger partial charge in [-0.3, -0.25) is 14.0 Å². The number of hydrogen-bond acceptors (Lipinski definition) is 5. The number of imidazole rings is 1. The summed E-state index contributed by atoms with van der Waals surface area (Å²) >= 11 is 0. The van der Waals surface area contributed by atoms with E-state index in [1.165, 1.54) is 12.1 Å². The molecule has 2 aromatic carbocycles. The molecular weight excluding hydrogens is 445 g/mol. The molecule has 0 aliphatic carbocycles. The molecule has 0 N–H and O–H groups in total. The Hall–Kier alpha value is -4.32. The molecule has 0 saturated carbocycles. The molecule has 8 nitrogen and oxygen atoms in total. The molecule has 1 aliphatic heterocycles. The Balaban J connectivity index is 1.62. The van der Waals surface area contributed by atoms with Crippen LogP contribution in [0.2, 0.25) is 0 Å². The molecule has 0 bridgehead atoms. The van der Waals surface area contributed by atoms with Crippen molar-refractivity contribution in [3.63, 3.8) is 0 Å². The third kappa shape index (κ3) is 3.97. The zero-order valence-electron chi connectivity index (χ0n) is 19.7. The minimum Gasteiger partial charge on any atom is -0.337 e. The fraction of sp³-hybridized carbons (Fsp3) is 0.269. The summed E-state index contributed by atoms with van der Waals surface area (Å²) in [5.41, 5.74) is 3.35. The van der Waals surface area contributed by atoms with Crippen molar-refractivity contribution in [1.29, 1.82) is 5.26 Å². The number of fused-ring (bicyclic) bond motifs is 1. The van der Waals surface area contributed by atoms with Gasteiger partial charge >= 0.3 is 0 Å². The third-order valence-electron chi connectivity index (χ3n) is 6.54. The number of amides is 1. The van der Waals surface area contributed by atoms with Crippen molar-refractivity contribution >= 4 is 23.0 Å². The van der Waals surface area contributed by atoms with E-state index in [0.29, 0.717) is 24.5 Å². The molecule has 1 aliphatic rings. The number of aliphatic imine (C=N–C) groups is 1. The van der Waals surface area contributed by atoms with Crippen LogP contribution in [-0.4, -0.2) is 56.5 Å². The zero-order chi connectivity index (χ0) is 24.7. The summed E-state index contributed by atoms with van der Waals surface area (Å²) in [4.78, 5) is 23.8. The van der Waals surface area contributed by atoms with Crippen LogP contribution in [0.1, 0.15) is 28.2 Å². The maximum Gasteiger partial charge on any atom is 0.274 e. The number of aryl methyl sites for hydroxylation is 2. The van der Waals surface area contributed by atoms with E-state index in [-0.39, 0.29) is 23.1 Å². The molecular formula is C26H24FN7O. The SMILES string of the molecule is CN=C[C@H]1CCN(C(=O)c2cn(-c3ccc4nn(C)c(C)c4c3)c(-c3ccc(C#N)c(F)c3)n2)C1. The van der Waals surface area contributed by atoms with Crippen LogP contribution in [-0.2, 0) is 7.05 Å². The molecule has 35 heavy (non-hydrogen) atoms. The van der Waals surface area contributed by atoms with Gasteiger partial charge in [0.1, 0.15) is 23.4 Å². The van der Waals surface area contributed by atoms with Crippen LogP contribution in [0.15, 0.2) is 47.6 Å². The molecule has 2 aromatic heterocycles. The second kappa shape index (κ2) is 8.80. The highest BCUT2D eigenvalue weighted by atomic mass is 19.1. The van der Waals surface area contributed by atoms with Crippen molar-refractivity contribution in [2.24, 2.45) is 18.0 Å². The summed E-state index contributed by atoms with van der Waals surface area (Å²) in [7, 11) is 3.62. The quantitative estimate of drug-likeness (QED) is 0.424. The lowest BCUT2D eigenvalue weighted by Gasteiger charge is -2.13. The first-order chi connectivity index (χ1) is 16.9. The molecule has 9 heteroatoms. The van der Waals surface area contributed by atoms with E-state index >= 15 is 0 Å². The van der Waals surface area contributed by atoms with E-state index in [0.717, 1.165) is 28.7 Å². The summed E-state index contributed by atoms with van der Waals surface area (Å²) in [6.07, 6.45) is 4.43. The maximum atomic E-state index is 14.5. The van der Waals surface area contributed by atoms with E-state index in [1.54, 1.807) is 28.8 Å². The lowest BCUT2D eigenvalue weighted by atomic mass is 10.1. The van der Waals surface area contributed by atoms with E-state index in [4.69, 9.17) is 5.26 Å². The van der Waals surface area contributed by atoms with Gasteiger partial charge in [0.25, 0.3) is 5.91 Å². The maximum absolute atomic E-state index is 14.5. The average molecular weight is 470 g/mol. The van der Waals surface area contributed by atoms with Gasteiger partial charge in [-0.1, -0.05) is 0 Å². The van der Waals surface area contributed by atoms with Gasteiger partial charge < -0.3 is 9.89 Å². The molecule has 5 rings (SSSR count). The molecule has 1 atom stereocenters. The Morgan fingerprint density at radius 1 is 1.29 bits per heavy atom. The standard InChI is InChI=1S/C26H24FN7O/c1-16-21-11-20(6-7-23(21)31-32(16)3)34-15-24(26(35)33-9-8-17(14-33)13-29-2)30-25(34)18-4-5-19(12-28)22(27)10-18/h4-7,10-11,13,15,17H,8-9,14H2,1-3H3/t17-/m1/s1. The molecule has 176 valence electrons. The van der Waals surface area contributed by atoms with E-state index in [2.05, 4.69) is 15.1 Å². The number of aromatic nitrogens is 4. The number of hydrogen-bond donors (Lipinski definition) is 0. The van der Waals surface area contributed by atoms with Gasteiger partial charge in [0.2, 0.25) is 0 Å². The largest absolute Gasteiger partial charge is 0.337 e. The first-order valence-corrected chi connectivity index (χ1v) is 11.3. The molecule has 1 amide bonds. The van der Waals surface area contributed by atoms with E-state index in [9.17, 15) is 9.18 Å². The molecule has 1 fully saturated rings. The van der Waals surface area contributed by atoms with Crippen molar-refractivity contribution in [1.82, 2.24) is 24.2 Å². The first-order valence-electron chi connectivity index (χ1n) is 11.3. The zero-order valence-corrected chi connectivity index (χ0v) is 19.7. The van der Waals surface area contributed by atoms with Gasteiger partial charge in [-0.25, -0.2) is 9.37 Å². The van der Waals surface area contributed by atoms with Crippen molar-refractivity contribution < 1.29 is 9.18 Å². The summed E-state index contributed by atoms with van der Waals surface area (Å²) in [6.45, 7) is 3.21. The number of nitrogens with zero attached hydrogens (tertiary/aromatic N) is 7. The average Bonchev–Trinajstić information content (AvgIpc) is 3.57. The highest BCUT2D eigenvalue weighted by molar-refractivity contribution is 5.94. The Labute approximate surface area is 201 Å². The minimum atomic E-state index is -0.632. The van der Waals surface area contributed by atoms with Crippen molar-refractivity contribution in [2.75, 3.05) is 20.1 Å². The predicted octanol–water partition coefficient (Wildman–Crippen LogP) is 3.91. The number of benzene rings is 2.